The van der Waals surface area contributed by atoms with Crippen LogP contribution < -0.4 is 4.72 Å². The molecule has 0 bridgehead atoms. The minimum Gasteiger partial charge on any atom is -0.338 e. The third kappa shape index (κ3) is 4.79. The molecule has 0 aromatic heterocycles. The van der Waals surface area contributed by atoms with Gasteiger partial charge in [0.25, 0.3) is 0 Å². The van der Waals surface area contributed by atoms with Crippen LogP contribution in [0.1, 0.15) is 12.5 Å². The third-order valence-corrected chi connectivity index (χ3v) is 4.28. The summed E-state index contributed by atoms with van der Waals surface area (Å²) in [5.74, 6) is -0.112. The summed E-state index contributed by atoms with van der Waals surface area (Å²) < 4.78 is 26.5. The van der Waals surface area contributed by atoms with Crippen molar-refractivity contribution in [3.8, 4) is 0 Å². The van der Waals surface area contributed by atoms with E-state index in [9.17, 15) is 13.2 Å². The van der Waals surface area contributed by atoms with Gasteiger partial charge < -0.3 is 4.90 Å². The summed E-state index contributed by atoms with van der Waals surface area (Å²) in [6, 6.07) is 6.61. The fraction of sp³-hybridized carbons (Fsp3) is 0.357. The van der Waals surface area contributed by atoms with Gasteiger partial charge in [-0.2, -0.15) is 0 Å². The predicted molar refractivity (Wildman–Crippen MR) is 78.8 cm³/mol. The fourth-order valence-corrected chi connectivity index (χ4v) is 2.67. The van der Waals surface area contributed by atoms with Gasteiger partial charge in [0.15, 0.2) is 0 Å². The normalized spacial score (nSPS) is 11.1. The van der Waals surface area contributed by atoms with E-state index in [0.29, 0.717) is 13.1 Å². The number of benzene rings is 1. The molecule has 0 atom stereocenters. The molecule has 1 amide bonds. The van der Waals surface area contributed by atoms with Crippen molar-refractivity contribution in [2.75, 3.05) is 19.6 Å². The molecule has 20 heavy (non-hydrogen) atoms. The number of carbonyl (C=O) groups excluding carboxylic acids is 1. The molecule has 0 aliphatic rings. The van der Waals surface area contributed by atoms with E-state index in [1.807, 2.05) is 6.92 Å². The molecule has 1 N–H and O–H groups in total. The van der Waals surface area contributed by atoms with Gasteiger partial charge >= 0.3 is 0 Å². The highest BCUT2D eigenvalue weighted by Crippen LogP contribution is 2.09. The van der Waals surface area contributed by atoms with E-state index in [0.717, 1.165) is 5.56 Å². The van der Waals surface area contributed by atoms with Crippen molar-refractivity contribution in [1.29, 1.82) is 0 Å². The molecule has 0 aliphatic carbocycles. The Balaban J connectivity index is 2.61. The number of rotatable bonds is 7. The van der Waals surface area contributed by atoms with Gasteiger partial charge in [0.1, 0.15) is 0 Å². The van der Waals surface area contributed by atoms with Crippen LogP contribution in [0.15, 0.2) is 41.8 Å². The minimum atomic E-state index is -3.53. The summed E-state index contributed by atoms with van der Waals surface area (Å²) in [6.07, 6.45) is 1.61. The summed E-state index contributed by atoms with van der Waals surface area (Å²) in [7, 11) is -3.53. The Hall–Kier alpha value is -1.66. The van der Waals surface area contributed by atoms with E-state index in [4.69, 9.17) is 0 Å². The van der Waals surface area contributed by atoms with Crippen molar-refractivity contribution in [2.24, 2.45) is 0 Å². The van der Waals surface area contributed by atoms with E-state index in [1.54, 1.807) is 30.3 Å². The molecule has 1 rings (SSSR count). The first-order valence-electron chi connectivity index (χ1n) is 6.29. The van der Waals surface area contributed by atoms with Crippen LogP contribution in [0.4, 0.5) is 0 Å². The van der Waals surface area contributed by atoms with Crippen molar-refractivity contribution in [1.82, 2.24) is 9.62 Å². The lowest BCUT2D eigenvalue weighted by Crippen LogP contribution is -2.37. The molecule has 1 aromatic rings. The molecule has 0 heterocycles. The number of nitrogens with zero attached hydrogens (tertiary/aromatic N) is 1. The number of hydrogen-bond acceptors (Lipinski definition) is 3. The van der Waals surface area contributed by atoms with Gasteiger partial charge in [0.05, 0.1) is 4.90 Å². The molecule has 0 saturated carbocycles. The van der Waals surface area contributed by atoms with Crippen LogP contribution in [-0.2, 0) is 14.8 Å². The first-order chi connectivity index (χ1) is 9.36. The number of carbonyl (C=O) groups is 1. The largest absolute Gasteiger partial charge is 0.338 e. The summed E-state index contributed by atoms with van der Waals surface area (Å²) >= 11 is 0. The van der Waals surface area contributed by atoms with Crippen molar-refractivity contribution >= 4 is 15.9 Å². The Morgan fingerprint density at radius 3 is 2.45 bits per heavy atom. The van der Waals surface area contributed by atoms with Crippen LogP contribution in [0.2, 0.25) is 0 Å². The number of hydrogen-bond donors (Lipinski definition) is 1. The summed E-state index contributed by atoms with van der Waals surface area (Å²) in [5, 5.41) is 0. The molecule has 0 fully saturated rings. The zero-order valence-electron chi connectivity index (χ0n) is 11.8. The Kier molecular flexibility index (Phi) is 5.91. The van der Waals surface area contributed by atoms with Gasteiger partial charge in [-0.05, 0) is 19.1 Å². The SMILES string of the molecule is C=CCN(CCNS(=O)(=O)c1ccc(C)cc1)C(C)=O. The van der Waals surface area contributed by atoms with E-state index in [1.165, 1.54) is 11.8 Å². The lowest BCUT2D eigenvalue weighted by molar-refractivity contribution is -0.128. The molecule has 0 spiro atoms. The molecule has 5 nitrogen and oxygen atoms in total. The Morgan fingerprint density at radius 2 is 1.95 bits per heavy atom. The van der Waals surface area contributed by atoms with Gasteiger partial charge in [-0.3, -0.25) is 4.79 Å². The molecule has 0 saturated heterocycles. The molecule has 110 valence electrons. The maximum atomic E-state index is 12.0. The molecule has 0 aliphatic heterocycles. The summed E-state index contributed by atoms with van der Waals surface area (Å²) in [5.41, 5.74) is 0.998. The topological polar surface area (TPSA) is 66.5 Å². The summed E-state index contributed by atoms with van der Waals surface area (Å²) in [4.78, 5) is 13.0. The predicted octanol–water partition coefficient (Wildman–Crippen LogP) is 1.31. The van der Waals surface area contributed by atoms with E-state index >= 15 is 0 Å². The van der Waals surface area contributed by atoms with Crippen LogP contribution >= 0.6 is 0 Å². The second-order valence-corrected chi connectivity index (χ2v) is 6.23. The molecular formula is C14H20N2O3S. The highest BCUT2D eigenvalue weighted by Gasteiger charge is 2.14. The molecule has 0 radical (unpaired) electrons. The van der Waals surface area contributed by atoms with Crippen molar-refractivity contribution < 1.29 is 13.2 Å². The van der Waals surface area contributed by atoms with Crippen LogP contribution in [0.25, 0.3) is 0 Å². The van der Waals surface area contributed by atoms with Gasteiger partial charge in [-0.15, -0.1) is 6.58 Å². The average molecular weight is 296 g/mol. The zero-order chi connectivity index (χ0) is 15.2. The zero-order valence-corrected chi connectivity index (χ0v) is 12.6. The number of sulfonamides is 1. The lowest BCUT2D eigenvalue weighted by Gasteiger charge is -2.19. The average Bonchev–Trinajstić information content (AvgIpc) is 2.38. The maximum absolute atomic E-state index is 12.0. The first kappa shape index (κ1) is 16.4. The van der Waals surface area contributed by atoms with E-state index in [-0.39, 0.29) is 17.3 Å². The fourth-order valence-electron chi connectivity index (χ4n) is 1.65. The van der Waals surface area contributed by atoms with E-state index < -0.39 is 10.0 Å². The summed E-state index contributed by atoms with van der Waals surface area (Å²) in [6.45, 7) is 7.78. The van der Waals surface area contributed by atoms with Crippen LogP contribution in [0.5, 0.6) is 0 Å². The van der Waals surface area contributed by atoms with Crippen LogP contribution in [0.3, 0.4) is 0 Å². The highest BCUT2D eigenvalue weighted by molar-refractivity contribution is 7.89. The minimum absolute atomic E-state index is 0.112. The Morgan fingerprint density at radius 1 is 1.35 bits per heavy atom. The maximum Gasteiger partial charge on any atom is 0.240 e. The molecular weight excluding hydrogens is 276 g/mol. The number of amides is 1. The van der Waals surface area contributed by atoms with Gasteiger partial charge in [-0.25, -0.2) is 13.1 Å². The van der Waals surface area contributed by atoms with Gasteiger partial charge in [-0.1, -0.05) is 23.8 Å². The highest BCUT2D eigenvalue weighted by atomic mass is 32.2. The monoisotopic (exact) mass is 296 g/mol. The second kappa shape index (κ2) is 7.21. The quantitative estimate of drug-likeness (QED) is 0.771. The van der Waals surface area contributed by atoms with Crippen molar-refractivity contribution in [2.45, 2.75) is 18.7 Å². The van der Waals surface area contributed by atoms with Crippen LogP contribution in [-0.4, -0.2) is 38.9 Å². The second-order valence-electron chi connectivity index (χ2n) is 4.46. The molecule has 0 unspecified atom stereocenters. The Bertz CT molecular complexity index is 565. The first-order valence-corrected chi connectivity index (χ1v) is 7.78. The number of nitrogens with one attached hydrogen (secondary N) is 1. The smallest absolute Gasteiger partial charge is 0.240 e. The van der Waals surface area contributed by atoms with Gasteiger partial charge in [0.2, 0.25) is 15.9 Å². The van der Waals surface area contributed by atoms with Crippen molar-refractivity contribution in [3.05, 3.63) is 42.5 Å². The van der Waals surface area contributed by atoms with Gasteiger partial charge in [0, 0.05) is 26.6 Å². The molecule has 6 heteroatoms. The Labute approximate surface area is 120 Å². The van der Waals surface area contributed by atoms with Crippen LogP contribution in [0, 0.1) is 6.92 Å². The van der Waals surface area contributed by atoms with Crippen molar-refractivity contribution in [3.63, 3.8) is 0 Å². The number of aryl methyl sites for hydroxylation is 1. The third-order valence-electron chi connectivity index (χ3n) is 2.80. The lowest BCUT2D eigenvalue weighted by atomic mass is 10.2. The molecule has 1 aromatic carbocycles. The van der Waals surface area contributed by atoms with E-state index in [2.05, 4.69) is 11.3 Å². The standard InChI is InChI=1S/C14H20N2O3S/c1-4-10-16(13(3)17)11-9-15-20(18,19)14-7-5-12(2)6-8-14/h4-8,15H,1,9-11H2,2-3H3.